The normalized spacial score (nSPS) is 12.5. The molecule has 0 saturated heterocycles. The smallest absolute Gasteiger partial charge is 0.180 e. The van der Waals surface area contributed by atoms with Crippen LogP contribution in [0.25, 0.3) is 0 Å². The highest BCUT2D eigenvalue weighted by Crippen LogP contribution is 2.21. The number of rotatable bonds is 3. The van der Waals surface area contributed by atoms with E-state index in [0.29, 0.717) is 11.1 Å². The molecule has 0 aromatic heterocycles. The van der Waals surface area contributed by atoms with E-state index in [1.807, 2.05) is 0 Å². The molecular formula is C10H10Cl2O2. The molecule has 1 unspecified atom stereocenters. The number of ketones is 1. The van der Waals surface area contributed by atoms with Crippen LogP contribution in [0.4, 0.5) is 0 Å². The molecule has 0 bridgehead atoms. The van der Waals surface area contributed by atoms with Crippen molar-refractivity contribution in [3.63, 3.8) is 0 Å². The number of hydrogen-bond acceptors (Lipinski definition) is 2. The maximum atomic E-state index is 11.4. The zero-order valence-corrected chi connectivity index (χ0v) is 9.14. The first kappa shape index (κ1) is 11.3. The molecule has 1 aromatic rings. The molecular weight excluding hydrogens is 223 g/mol. The highest BCUT2D eigenvalue weighted by Gasteiger charge is 2.13. The van der Waals surface area contributed by atoms with Gasteiger partial charge in [-0.2, -0.15) is 0 Å². The first-order valence-electron chi connectivity index (χ1n) is 4.12. The van der Waals surface area contributed by atoms with Crippen LogP contribution in [0.15, 0.2) is 18.2 Å². The number of carbonyl (C=O) groups excluding carboxylic acids is 1. The second-order valence-electron chi connectivity index (χ2n) is 2.96. The minimum absolute atomic E-state index is 0.0307. The van der Waals surface area contributed by atoms with Crippen LogP contribution in [-0.2, 0) is 5.88 Å². The molecule has 0 aliphatic heterocycles. The van der Waals surface area contributed by atoms with Crippen LogP contribution in [-0.4, -0.2) is 16.3 Å². The second-order valence-corrected chi connectivity index (χ2v) is 3.88. The number of Topliss-reactive ketones (excluding diaryl/α,β-unsaturated/α-hetero) is 1. The van der Waals surface area contributed by atoms with Gasteiger partial charge >= 0.3 is 0 Å². The summed E-state index contributed by atoms with van der Waals surface area (Å²) >= 11 is 11.2. The Labute approximate surface area is 92.5 Å². The summed E-state index contributed by atoms with van der Waals surface area (Å²) in [5, 5.41) is 8.86. The van der Waals surface area contributed by atoms with E-state index in [1.165, 1.54) is 6.07 Å². The van der Waals surface area contributed by atoms with Gasteiger partial charge in [0.2, 0.25) is 0 Å². The quantitative estimate of drug-likeness (QED) is 0.643. The third-order valence-electron chi connectivity index (χ3n) is 1.88. The molecule has 76 valence electrons. The van der Waals surface area contributed by atoms with Gasteiger partial charge in [-0.3, -0.25) is 4.79 Å². The molecule has 0 spiro atoms. The van der Waals surface area contributed by atoms with Crippen molar-refractivity contribution in [1.29, 1.82) is 0 Å². The molecule has 0 saturated carbocycles. The number of alkyl halides is 2. The molecule has 14 heavy (non-hydrogen) atoms. The summed E-state index contributed by atoms with van der Waals surface area (Å²) < 4.78 is 0. The fourth-order valence-electron chi connectivity index (χ4n) is 1.06. The van der Waals surface area contributed by atoms with Gasteiger partial charge in [0.05, 0.1) is 11.3 Å². The Kier molecular flexibility index (Phi) is 3.78. The molecule has 1 aromatic carbocycles. The maximum Gasteiger partial charge on any atom is 0.180 e. The Balaban J connectivity index is 3.03. The van der Waals surface area contributed by atoms with Crippen LogP contribution in [0, 0.1) is 0 Å². The minimum atomic E-state index is -0.587. The number of benzene rings is 1. The van der Waals surface area contributed by atoms with Gasteiger partial charge in [-0.1, -0.05) is 12.1 Å². The first-order valence-corrected chi connectivity index (χ1v) is 5.09. The Morgan fingerprint density at radius 3 is 2.64 bits per heavy atom. The number of phenolic OH excluding ortho intramolecular Hbond substituents is 1. The summed E-state index contributed by atoms with van der Waals surface area (Å²) in [5.41, 5.74) is 1.00. The Bertz CT molecular complexity index is 348. The van der Waals surface area contributed by atoms with E-state index in [2.05, 4.69) is 0 Å². The second kappa shape index (κ2) is 4.67. The van der Waals surface area contributed by atoms with Crippen molar-refractivity contribution in [3.8, 4) is 5.75 Å². The van der Waals surface area contributed by atoms with Crippen LogP contribution in [0.3, 0.4) is 0 Å². The van der Waals surface area contributed by atoms with Crippen LogP contribution < -0.4 is 0 Å². The monoisotopic (exact) mass is 232 g/mol. The predicted molar refractivity (Wildman–Crippen MR) is 57.3 cm³/mol. The topological polar surface area (TPSA) is 37.3 Å². The molecule has 0 heterocycles. The summed E-state index contributed by atoms with van der Waals surface area (Å²) in [4.78, 5) is 11.4. The third kappa shape index (κ3) is 2.40. The number of phenols is 1. The maximum absolute atomic E-state index is 11.4. The van der Waals surface area contributed by atoms with Crippen LogP contribution in [0.2, 0.25) is 0 Å². The summed E-state index contributed by atoms with van der Waals surface area (Å²) in [6.45, 7) is 1.59. The lowest BCUT2D eigenvalue weighted by Gasteiger charge is -2.05. The SMILES string of the molecule is CC(Cl)C(=O)c1ccc(CCl)c(O)c1. The van der Waals surface area contributed by atoms with E-state index in [-0.39, 0.29) is 17.4 Å². The number of halogens is 2. The van der Waals surface area contributed by atoms with Crippen LogP contribution in [0.1, 0.15) is 22.8 Å². The van der Waals surface area contributed by atoms with Crippen molar-refractivity contribution in [2.24, 2.45) is 0 Å². The fraction of sp³-hybridized carbons (Fsp3) is 0.300. The van der Waals surface area contributed by atoms with Gasteiger partial charge in [0, 0.05) is 11.1 Å². The molecule has 0 fully saturated rings. The van der Waals surface area contributed by atoms with Crippen molar-refractivity contribution in [1.82, 2.24) is 0 Å². The fourth-order valence-corrected chi connectivity index (χ4v) is 1.41. The van der Waals surface area contributed by atoms with E-state index in [0.717, 1.165) is 0 Å². The van der Waals surface area contributed by atoms with Crippen molar-refractivity contribution in [3.05, 3.63) is 29.3 Å². The van der Waals surface area contributed by atoms with Gasteiger partial charge in [-0.25, -0.2) is 0 Å². The molecule has 0 aliphatic rings. The Morgan fingerprint density at radius 1 is 1.57 bits per heavy atom. The number of aromatic hydroxyl groups is 1. The molecule has 0 aliphatic carbocycles. The largest absolute Gasteiger partial charge is 0.508 e. The van der Waals surface area contributed by atoms with E-state index < -0.39 is 5.38 Å². The highest BCUT2D eigenvalue weighted by atomic mass is 35.5. The Morgan fingerprint density at radius 2 is 2.21 bits per heavy atom. The number of carbonyl (C=O) groups is 1. The van der Waals surface area contributed by atoms with Crippen LogP contribution in [0.5, 0.6) is 5.75 Å². The molecule has 1 rings (SSSR count). The standard InChI is InChI=1S/C10H10Cl2O2/c1-6(12)10(14)7-2-3-8(5-11)9(13)4-7/h2-4,6,13H,5H2,1H3. The average Bonchev–Trinajstić information content (AvgIpc) is 2.16. The molecule has 1 N–H and O–H groups in total. The summed E-state index contributed by atoms with van der Waals surface area (Å²) in [6, 6.07) is 4.62. The first-order chi connectivity index (χ1) is 6.56. The number of hydrogen-bond donors (Lipinski definition) is 1. The summed E-state index contributed by atoms with van der Waals surface area (Å²) in [5.74, 6) is 0.0442. The molecule has 0 amide bonds. The van der Waals surface area contributed by atoms with Crippen molar-refractivity contribution >= 4 is 29.0 Å². The third-order valence-corrected chi connectivity index (χ3v) is 2.36. The minimum Gasteiger partial charge on any atom is -0.508 e. The lowest BCUT2D eigenvalue weighted by molar-refractivity contribution is 0.0991. The van der Waals surface area contributed by atoms with Crippen molar-refractivity contribution < 1.29 is 9.90 Å². The van der Waals surface area contributed by atoms with Gasteiger partial charge in [0.25, 0.3) is 0 Å². The van der Waals surface area contributed by atoms with Gasteiger partial charge in [0.15, 0.2) is 5.78 Å². The molecule has 0 radical (unpaired) electrons. The summed E-state index contributed by atoms with van der Waals surface area (Å²) in [7, 11) is 0. The highest BCUT2D eigenvalue weighted by molar-refractivity contribution is 6.33. The van der Waals surface area contributed by atoms with Crippen molar-refractivity contribution in [2.45, 2.75) is 18.2 Å². The van der Waals surface area contributed by atoms with E-state index in [9.17, 15) is 9.90 Å². The van der Waals surface area contributed by atoms with Gasteiger partial charge in [0.1, 0.15) is 5.75 Å². The van der Waals surface area contributed by atoms with Crippen molar-refractivity contribution in [2.75, 3.05) is 0 Å². The van der Waals surface area contributed by atoms with Gasteiger partial charge < -0.3 is 5.11 Å². The molecule has 4 heteroatoms. The zero-order chi connectivity index (χ0) is 10.7. The lowest BCUT2D eigenvalue weighted by atomic mass is 10.1. The van der Waals surface area contributed by atoms with Crippen LogP contribution >= 0.6 is 23.2 Å². The van der Waals surface area contributed by atoms with E-state index in [4.69, 9.17) is 23.2 Å². The van der Waals surface area contributed by atoms with Gasteiger partial charge in [-0.15, -0.1) is 23.2 Å². The summed E-state index contributed by atoms with van der Waals surface area (Å²) in [6.07, 6.45) is 0. The van der Waals surface area contributed by atoms with Gasteiger partial charge in [-0.05, 0) is 13.0 Å². The molecule has 1 atom stereocenters. The molecule has 2 nitrogen and oxygen atoms in total. The predicted octanol–water partition coefficient (Wildman–Crippen LogP) is 2.94. The van der Waals surface area contributed by atoms with E-state index in [1.54, 1.807) is 19.1 Å². The van der Waals surface area contributed by atoms with E-state index >= 15 is 0 Å². The Hall–Kier alpha value is -0.730. The zero-order valence-electron chi connectivity index (χ0n) is 7.63. The lowest BCUT2D eigenvalue weighted by Crippen LogP contribution is -2.10. The average molecular weight is 233 g/mol.